The molecule has 1 aromatic carbocycles. The van der Waals surface area contributed by atoms with Crippen molar-refractivity contribution in [1.82, 2.24) is 9.55 Å². The third-order valence-electron chi connectivity index (χ3n) is 4.24. The fourth-order valence-corrected chi connectivity index (χ4v) is 2.36. The SMILES string of the molecule is CC(C)C(C)(C)Cn1c(CCCl)nc2cc(F)ccc21. The van der Waals surface area contributed by atoms with Gasteiger partial charge in [0.25, 0.3) is 0 Å². The number of nitrogens with zero attached hydrogens (tertiary/aromatic N) is 2. The maximum atomic E-state index is 13.4. The van der Waals surface area contributed by atoms with Crippen LogP contribution in [0.3, 0.4) is 0 Å². The number of fused-ring (bicyclic) bond motifs is 1. The fourth-order valence-electron chi connectivity index (χ4n) is 2.19. The summed E-state index contributed by atoms with van der Waals surface area (Å²) < 4.78 is 15.5. The molecule has 0 fully saturated rings. The highest BCUT2D eigenvalue weighted by atomic mass is 35.5. The molecule has 0 aliphatic carbocycles. The van der Waals surface area contributed by atoms with Gasteiger partial charge in [0.05, 0.1) is 11.0 Å². The van der Waals surface area contributed by atoms with Crippen molar-refractivity contribution in [3.05, 3.63) is 29.8 Å². The molecule has 0 aliphatic rings. The molecule has 1 heterocycles. The zero-order valence-electron chi connectivity index (χ0n) is 12.6. The molecule has 0 unspecified atom stereocenters. The summed E-state index contributed by atoms with van der Waals surface area (Å²) in [6, 6.07) is 4.80. The predicted molar refractivity (Wildman–Crippen MR) is 82.7 cm³/mol. The Hall–Kier alpha value is -1.09. The summed E-state index contributed by atoms with van der Waals surface area (Å²) in [5, 5.41) is 0. The number of benzene rings is 1. The fraction of sp³-hybridized carbons (Fsp3) is 0.562. The molecular formula is C16H22ClFN2. The van der Waals surface area contributed by atoms with Gasteiger partial charge in [0.1, 0.15) is 11.6 Å². The summed E-state index contributed by atoms with van der Waals surface area (Å²) >= 11 is 5.87. The lowest BCUT2D eigenvalue weighted by Gasteiger charge is -2.30. The number of halogens is 2. The van der Waals surface area contributed by atoms with Gasteiger partial charge < -0.3 is 4.57 Å². The molecule has 2 rings (SSSR count). The van der Waals surface area contributed by atoms with E-state index in [1.165, 1.54) is 12.1 Å². The van der Waals surface area contributed by atoms with Gasteiger partial charge in [-0.05, 0) is 23.5 Å². The van der Waals surface area contributed by atoms with Crippen molar-refractivity contribution in [2.75, 3.05) is 5.88 Å². The second-order valence-electron chi connectivity index (χ2n) is 6.33. The Bertz CT molecular complexity index is 602. The Labute approximate surface area is 125 Å². The van der Waals surface area contributed by atoms with Crippen molar-refractivity contribution in [1.29, 1.82) is 0 Å². The van der Waals surface area contributed by atoms with Gasteiger partial charge >= 0.3 is 0 Å². The van der Waals surface area contributed by atoms with Crippen molar-refractivity contribution < 1.29 is 4.39 Å². The molecule has 20 heavy (non-hydrogen) atoms. The van der Waals surface area contributed by atoms with Gasteiger partial charge in [-0.1, -0.05) is 27.7 Å². The van der Waals surface area contributed by atoms with Crippen molar-refractivity contribution >= 4 is 22.6 Å². The average Bonchev–Trinajstić information content (AvgIpc) is 2.66. The van der Waals surface area contributed by atoms with Crippen LogP contribution < -0.4 is 0 Å². The van der Waals surface area contributed by atoms with E-state index in [4.69, 9.17) is 11.6 Å². The standard InChI is InChI=1S/C16H22ClFN2/c1-11(2)16(3,4)10-20-14-6-5-12(18)9-13(14)19-15(20)7-8-17/h5-6,9,11H,7-8,10H2,1-4H3. The number of imidazole rings is 1. The van der Waals surface area contributed by atoms with E-state index in [9.17, 15) is 4.39 Å². The van der Waals surface area contributed by atoms with E-state index >= 15 is 0 Å². The van der Waals surface area contributed by atoms with E-state index in [0.29, 0.717) is 23.7 Å². The van der Waals surface area contributed by atoms with E-state index in [0.717, 1.165) is 17.9 Å². The van der Waals surface area contributed by atoms with Gasteiger partial charge in [-0.15, -0.1) is 11.6 Å². The quantitative estimate of drug-likeness (QED) is 0.735. The molecule has 4 heteroatoms. The summed E-state index contributed by atoms with van der Waals surface area (Å²) in [5.41, 5.74) is 1.84. The molecule has 0 amide bonds. The first-order chi connectivity index (χ1) is 9.35. The topological polar surface area (TPSA) is 17.8 Å². The van der Waals surface area contributed by atoms with Gasteiger partial charge in [-0.25, -0.2) is 9.37 Å². The molecule has 1 aromatic heterocycles. The van der Waals surface area contributed by atoms with Crippen LogP contribution in [-0.4, -0.2) is 15.4 Å². The molecule has 0 aliphatic heterocycles. The predicted octanol–water partition coefficient (Wildman–Crippen LogP) is 4.64. The molecule has 0 spiro atoms. The molecule has 0 N–H and O–H groups in total. The zero-order chi connectivity index (χ0) is 14.9. The van der Waals surface area contributed by atoms with Crippen LogP contribution in [0.15, 0.2) is 18.2 Å². The second kappa shape index (κ2) is 5.72. The van der Waals surface area contributed by atoms with E-state index in [1.54, 1.807) is 0 Å². The lowest BCUT2D eigenvalue weighted by molar-refractivity contribution is 0.210. The highest BCUT2D eigenvalue weighted by Gasteiger charge is 2.25. The van der Waals surface area contributed by atoms with E-state index < -0.39 is 0 Å². The maximum Gasteiger partial charge on any atom is 0.125 e. The van der Waals surface area contributed by atoms with Crippen LogP contribution in [0, 0.1) is 17.2 Å². The third-order valence-corrected chi connectivity index (χ3v) is 4.42. The summed E-state index contributed by atoms with van der Waals surface area (Å²) in [6.07, 6.45) is 0.700. The van der Waals surface area contributed by atoms with Crippen LogP contribution in [0.2, 0.25) is 0 Å². The third kappa shape index (κ3) is 2.98. The monoisotopic (exact) mass is 296 g/mol. The molecular weight excluding hydrogens is 275 g/mol. The van der Waals surface area contributed by atoms with Gasteiger partial charge in [0.2, 0.25) is 0 Å². The zero-order valence-corrected chi connectivity index (χ0v) is 13.3. The van der Waals surface area contributed by atoms with Crippen LogP contribution in [0.25, 0.3) is 11.0 Å². The number of hydrogen-bond acceptors (Lipinski definition) is 1. The molecule has 0 saturated carbocycles. The molecule has 0 radical (unpaired) electrons. The largest absolute Gasteiger partial charge is 0.327 e. The van der Waals surface area contributed by atoms with Gasteiger partial charge in [-0.3, -0.25) is 0 Å². The van der Waals surface area contributed by atoms with Crippen molar-refractivity contribution in [2.24, 2.45) is 11.3 Å². The highest BCUT2D eigenvalue weighted by Crippen LogP contribution is 2.31. The summed E-state index contributed by atoms with van der Waals surface area (Å²) in [5.74, 6) is 1.76. The van der Waals surface area contributed by atoms with E-state index in [2.05, 4.69) is 37.2 Å². The number of hydrogen-bond donors (Lipinski definition) is 0. The minimum atomic E-state index is -0.248. The Morgan fingerprint density at radius 1 is 1.35 bits per heavy atom. The molecule has 0 atom stereocenters. The first kappa shape index (κ1) is 15.3. The van der Waals surface area contributed by atoms with Crippen molar-refractivity contribution in [2.45, 2.75) is 40.7 Å². The summed E-state index contributed by atoms with van der Waals surface area (Å²) in [7, 11) is 0. The number of aromatic nitrogens is 2. The van der Waals surface area contributed by atoms with Crippen LogP contribution in [0.4, 0.5) is 4.39 Å². The number of alkyl halides is 1. The lowest BCUT2D eigenvalue weighted by atomic mass is 9.81. The minimum absolute atomic E-state index is 0.142. The van der Waals surface area contributed by atoms with E-state index in [1.807, 2.05) is 6.07 Å². The van der Waals surface area contributed by atoms with Crippen LogP contribution in [0.1, 0.15) is 33.5 Å². The lowest BCUT2D eigenvalue weighted by Crippen LogP contribution is -2.26. The molecule has 0 bridgehead atoms. The van der Waals surface area contributed by atoms with Crippen molar-refractivity contribution in [3.8, 4) is 0 Å². The summed E-state index contributed by atoms with van der Waals surface area (Å²) in [6.45, 7) is 9.80. The highest BCUT2D eigenvalue weighted by molar-refractivity contribution is 6.17. The van der Waals surface area contributed by atoms with E-state index in [-0.39, 0.29) is 11.2 Å². The van der Waals surface area contributed by atoms with Crippen LogP contribution >= 0.6 is 11.6 Å². The Kier molecular flexibility index (Phi) is 4.38. The van der Waals surface area contributed by atoms with Crippen LogP contribution in [-0.2, 0) is 13.0 Å². The Balaban J connectivity index is 2.51. The molecule has 110 valence electrons. The average molecular weight is 297 g/mol. The normalized spacial score (nSPS) is 12.6. The smallest absolute Gasteiger partial charge is 0.125 e. The molecule has 2 nitrogen and oxygen atoms in total. The van der Waals surface area contributed by atoms with Gasteiger partial charge in [0.15, 0.2) is 0 Å². The van der Waals surface area contributed by atoms with Gasteiger partial charge in [0, 0.05) is 24.9 Å². The minimum Gasteiger partial charge on any atom is -0.327 e. The van der Waals surface area contributed by atoms with Crippen molar-refractivity contribution in [3.63, 3.8) is 0 Å². The first-order valence-corrected chi connectivity index (χ1v) is 7.59. The maximum absolute atomic E-state index is 13.4. The Morgan fingerprint density at radius 3 is 2.65 bits per heavy atom. The molecule has 2 aromatic rings. The number of aryl methyl sites for hydroxylation is 1. The second-order valence-corrected chi connectivity index (χ2v) is 6.71. The first-order valence-electron chi connectivity index (χ1n) is 7.06. The molecule has 0 saturated heterocycles. The van der Waals surface area contributed by atoms with Gasteiger partial charge in [-0.2, -0.15) is 0 Å². The Morgan fingerprint density at radius 2 is 2.05 bits per heavy atom. The number of rotatable bonds is 5. The summed E-state index contributed by atoms with van der Waals surface area (Å²) in [4.78, 5) is 4.55. The van der Waals surface area contributed by atoms with Crippen LogP contribution in [0.5, 0.6) is 0 Å².